The summed E-state index contributed by atoms with van der Waals surface area (Å²) in [5, 5.41) is 9.13. The Hall–Kier alpha value is -2.84. The van der Waals surface area contributed by atoms with Crippen LogP contribution >= 0.6 is 23.4 Å². The van der Waals surface area contributed by atoms with Crippen LogP contribution in [0.4, 0.5) is 5.69 Å². The number of para-hydroxylation sites is 1. The molecule has 2 aromatic heterocycles. The number of hydrogen-bond acceptors (Lipinski definition) is 6. The summed E-state index contributed by atoms with van der Waals surface area (Å²) in [6.07, 6.45) is 1.62. The smallest absolute Gasteiger partial charge is 0.234 e. The van der Waals surface area contributed by atoms with Crippen molar-refractivity contribution >= 4 is 51.5 Å². The number of benzene rings is 2. The summed E-state index contributed by atoms with van der Waals surface area (Å²) < 4.78 is 6.85. The molecule has 7 nitrogen and oxygen atoms in total. The number of fused-ring (bicyclic) bond motifs is 3. The number of thioether (sulfide) groups is 1. The van der Waals surface area contributed by atoms with Crippen LogP contribution in [0.1, 0.15) is 0 Å². The number of carbonyl (C=O) groups is 1. The molecular formula is C18H14ClN5O2S. The molecule has 0 radical (unpaired) electrons. The summed E-state index contributed by atoms with van der Waals surface area (Å²) in [5.41, 5.74) is 2.12. The van der Waals surface area contributed by atoms with E-state index in [1.54, 1.807) is 29.0 Å². The number of anilines is 1. The Labute approximate surface area is 163 Å². The largest absolute Gasteiger partial charge is 0.495 e. The molecule has 4 rings (SSSR count). The second-order valence-electron chi connectivity index (χ2n) is 5.61. The van der Waals surface area contributed by atoms with Gasteiger partial charge in [-0.15, -0.1) is 5.10 Å². The maximum absolute atomic E-state index is 12.3. The fraction of sp³-hybridized carbons (Fsp3) is 0.111. The predicted octanol–water partition coefficient (Wildman–Crippen LogP) is 3.67. The number of carbonyl (C=O) groups excluding carboxylic acids is 1. The van der Waals surface area contributed by atoms with Crippen LogP contribution in [0.5, 0.6) is 5.75 Å². The highest BCUT2D eigenvalue weighted by atomic mass is 35.5. The van der Waals surface area contributed by atoms with Gasteiger partial charge in [0.1, 0.15) is 12.1 Å². The van der Waals surface area contributed by atoms with Gasteiger partial charge in [-0.1, -0.05) is 35.5 Å². The summed E-state index contributed by atoms with van der Waals surface area (Å²) in [6, 6.07) is 12.8. The molecule has 0 bridgehead atoms. The lowest BCUT2D eigenvalue weighted by Gasteiger charge is -2.09. The summed E-state index contributed by atoms with van der Waals surface area (Å²) >= 11 is 7.18. The number of aromatic nitrogens is 4. The van der Waals surface area contributed by atoms with Gasteiger partial charge in [0.25, 0.3) is 0 Å². The van der Waals surface area contributed by atoms with Gasteiger partial charge in [0, 0.05) is 16.5 Å². The number of amides is 1. The van der Waals surface area contributed by atoms with Crippen molar-refractivity contribution in [2.45, 2.75) is 5.16 Å². The molecule has 0 saturated heterocycles. The second-order valence-corrected chi connectivity index (χ2v) is 6.98. The van der Waals surface area contributed by atoms with Gasteiger partial charge < -0.3 is 10.1 Å². The first kappa shape index (κ1) is 17.6. The zero-order valence-electron chi connectivity index (χ0n) is 14.2. The highest BCUT2D eigenvalue weighted by Gasteiger charge is 2.12. The summed E-state index contributed by atoms with van der Waals surface area (Å²) in [7, 11) is 1.52. The first-order chi connectivity index (χ1) is 13.1. The van der Waals surface area contributed by atoms with Gasteiger partial charge >= 0.3 is 0 Å². The Morgan fingerprint density at radius 1 is 1.30 bits per heavy atom. The van der Waals surface area contributed by atoms with Crippen molar-refractivity contribution in [3.8, 4) is 5.75 Å². The standard InChI is InChI=1S/C18H14ClN5O2S/c1-26-15-8-11(19)6-7-14(15)21-16(25)9-27-18-22-17-12-4-2-3-5-13(12)20-10-24(17)23-18/h2-8,10H,9H2,1H3,(H,21,25). The number of ether oxygens (including phenoxy) is 1. The van der Waals surface area contributed by atoms with Gasteiger partial charge in [0.15, 0.2) is 5.65 Å². The number of methoxy groups -OCH3 is 1. The number of nitrogens with zero attached hydrogens (tertiary/aromatic N) is 4. The number of hydrogen-bond donors (Lipinski definition) is 1. The van der Waals surface area contributed by atoms with Gasteiger partial charge in [0.05, 0.1) is 24.1 Å². The molecule has 0 aliphatic carbocycles. The van der Waals surface area contributed by atoms with Gasteiger partial charge in [-0.2, -0.15) is 0 Å². The number of rotatable bonds is 5. The van der Waals surface area contributed by atoms with Gasteiger partial charge in [-0.25, -0.2) is 14.5 Å². The van der Waals surface area contributed by atoms with E-state index in [0.717, 1.165) is 10.9 Å². The van der Waals surface area contributed by atoms with Crippen LogP contribution in [0.2, 0.25) is 5.02 Å². The van der Waals surface area contributed by atoms with Crippen LogP contribution in [0.3, 0.4) is 0 Å². The number of halogens is 1. The highest BCUT2D eigenvalue weighted by Crippen LogP contribution is 2.28. The third kappa shape index (κ3) is 3.67. The molecule has 136 valence electrons. The molecular weight excluding hydrogens is 386 g/mol. The normalized spacial score (nSPS) is 11.0. The van der Waals surface area contributed by atoms with Gasteiger partial charge in [-0.05, 0) is 24.3 Å². The molecule has 4 aromatic rings. The number of nitrogens with one attached hydrogen (secondary N) is 1. The van der Waals surface area contributed by atoms with Crippen molar-refractivity contribution in [1.82, 2.24) is 19.6 Å². The maximum atomic E-state index is 12.3. The van der Waals surface area contributed by atoms with Crippen molar-refractivity contribution < 1.29 is 9.53 Å². The molecule has 0 aliphatic heterocycles. The van der Waals surface area contributed by atoms with Crippen molar-refractivity contribution in [2.75, 3.05) is 18.2 Å². The van der Waals surface area contributed by atoms with E-state index in [4.69, 9.17) is 16.3 Å². The Morgan fingerprint density at radius 3 is 3.00 bits per heavy atom. The van der Waals surface area contributed by atoms with Crippen molar-refractivity contribution in [3.05, 3.63) is 53.8 Å². The zero-order valence-corrected chi connectivity index (χ0v) is 15.8. The molecule has 1 N–H and O–H groups in total. The van der Waals surface area contributed by atoms with Crippen molar-refractivity contribution in [2.24, 2.45) is 0 Å². The molecule has 2 aromatic carbocycles. The van der Waals surface area contributed by atoms with Crippen molar-refractivity contribution in [1.29, 1.82) is 0 Å². The van der Waals surface area contributed by atoms with Crippen LogP contribution in [0.15, 0.2) is 53.9 Å². The summed E-state index contributed by atoms with van der Waals surface area (Å²) in [5.74, 6) is 0.473. The summed E-state index contributed by atoms with van der Waals surface area (Å²) in [6.45, 7) is 0. The third-order valence-electron chi connectivity index (χ3n) is 3.83. The second kappa shape index (κ2) is 7.42. The molecule has 1 amide bonds. The van der Waals surface area contributed by atoms with Crippen molar-refractivity contribution in [3.63, 3.8) is 0 Å². The average Bonchev–Trinajstić information content (AvgIpc) is 3.11. The fourth-order valence-electron chi connectivity index (χ4n) is 2.61. The van der Waals surface area contributed by atoms with Crippen LogP contribution in [-0.2, 0) is 4.79 Å². The van der Waals surface area contributed by atoms with E-state index in [2.05, 4.69) is 20.4 Å². The Balaban J connectivity index is 1.48. The minimum absolute atomic E-state index is 0.161. The zero-order chi connectivity index (χ0) is 18.8. The Kier molecular flexibility index (Phi) is 4.83. The SMILES string of the molecule is COc1cc(Cl)ccc1NC(=O)CSc1nc2c3ccccc3ncn2n1. The lowest BCUT2D eigenvalue weighted by atomic mass is 10.2. The van der Waals surface area contributed by atoms with Crippen LogP contribution in [-0.4, -0.2) is 38.4 Å². The van der Waals surface area contributed by atoms with E-state index in [-0.39, 0.29) is 11.7 Å². The lowest BCUT2D eigenvalue weighted by Crippen LogP contribution is -2.14. The van der Waals surface area contributed by atoms with E-state index in [9.17, 15) is 4.79 Å². The molecule has 0 saturated carbocycles. The summed E-state index contributed by atoms with van der Waals surface area (Å²) in [4.78, 5) is 21.1. The van der Waals surface area contributed by atoms with Crippen LogP contribution < -0.4 is 10.1 Å². The molecule has 0 aliphatic rings. The van der Waals surface area contributed by atoms with Gasteiger partial charge in [0.2, 0.25) is 11.1 Å². The molecule has 0 atom stereocenters. The highest BCUT2D eigenvalue weighted by molar-refractivity contribution is 7.99. The minimum Gasteiger partial charge on any atom is -0.495 e. The van der Waals surface area contributed by atoms with E-state index in [0.29, 0.717) is 27.3 Å². The van der Waals surface area contributed by atoms with Crippen LogP contribution in [0, 0.1) is 0 Å². The monoisotopic (exact) mass is 399 g/mol. The first-order valence-corrected chi connectivity index (χ1v) is 9.37. The fourth-order valence-corrected chi connectivity index (χ4v) is 3.40. The topological polar surface area (TPSA) is 81.4 Å². The molecule has 0 fully saturated rings. The molecule has 2 heterocycles. The maximum Gasteiger partial charge on any atom is 0.234 e. The van der Waals surface area contributed by atoms with E-state index >= 15 is 0 Å². The molecule has 0 unspecified atom stereocenters. The quantitative estimate of drug-likeness (QED) is 0.516. The first-order valence-electron chi connectivity index (χ1n) is 8.00. The third-order valence-corrected chi connectivity index (χ3v) is 4.91. The molecule has 0 spiro atoms. The van der Waals surface area contributed by atoms with Gasteiger partial charge in [-0.3, -0.25) is 4.79 Å². The molecule has 9 heteroatoms. The van der Waals surface area contributed by atoms with E-state index < -0.39 is 0 Å². The Bertz CT molecular complexity index is 1150. The predicted molar refractivity (Wildman–Crippen MR) is 106 cm³/mol. The van der Waals surface area contributed by atoms with E-state index in [1.165, 1.54) is 18.9 Å². The van der Waals surface area contributed by atoms with E-state index in [1.807, 2.05) is 24.3 Å². The minimum atomic E-state index is -0.192. The Morgan fingerprint density at radius 2 is 2.15 bits per heavy atom. The molecule has 27 heavy (non-hydrogen) atoms. The van der Waals surface area contributed by atoms with Crippen LogP contribution in [0.25, 0.3) is 16.6 Å². The average molecular weight is 400 g/mol. The lowest BCUT2D eigenvalue weighted by molar-refractivity contribution is -0.113.